The van der Waals surface area contributed by atoms with Gasteiger partial charge in [-0.05, 0) is 51.8 Å². The Kier molecular flexibility index (Phi) is 3.95. The second kappa shape index (κ2) is 5.33. The van der Waals surface area contributed by atoms with Crippen LogP contribution in [0.2, 0.25) is 0 Å². The summed E-state index contributed by atoms with van der Waals surface area (Å²) in [6, 6.07) is 8.83. The molecule has 0 radical (unpaired) electrons. The van der Waals surface area contributed by atoms with E-state index >= 15 is 0 Å². The number of ether oxygens (including phenoxy) is 1. The molecule has 0 heterocycles. The van der Waals surface area contributed by atoms with Crippen LogP contribution in [-0.2, 0) is 16.0 Å². The number of aryl methyl sites for hydroxylation is 1. The normalized spacial score (nSPS) is 18.5. The van der Waals surface area contributed by atoms with Gasteiger partial charge in [0.1, 0.15) is 5.60 Å². The Labute approximate surface area is 115 Å². The van der Waals surface area contributed by atoms with Crippen molar-refractivity contribution >= 4 is 5.97 Å². The molecule has 0 amide bonds. The second-order valence-electron chi connectivity index (χ2n) is 6.25. The molecule has 2 rings (SSSR count). The van der Waals surface area contributed by atoms with Gasteiger partial charge >= 0.3 is 5.97 Å². The third kappa shape index (κ3) is 3.57. The molecule has 1 aliphatic rings. The summed E-state index contributed by atoms with van der Waals surface area (Å²) >= 11 is 0. The molecule has 0 saturated carbocycles. The smallest absolute Gasteiger partial charge is 0.320 e. The van der Waals surface area contributed by atoms with Crippen molar-refractivity contribution in [1.82, 2.24) is 4.90 Å². The van der Waals surface area contributed by atoms with Gasteiger partial charge in [0, 0.05) is 6.04 Å². The van der Waals surface area contributed by atoms with E-state index in [-0.39, 0.29) is 5.97 Å². The highest BCUT2D eigenvalue weighted by atomic mass is 16.6. The standard InChI is InChI=1S/C16H23NO2/c1-16(2,3)19-15(18)11-17(4)14-10-9-12-7-5-6-8-13(12)14/h5-8,14H,9-11H2,1-4H3. The highest BCUT2D eigenvalue weighted by Gasteiger charge is 2.27. The Morgan fingerprint density at radius 2 is 2.05 bits per heavy atom. The first-order valence-corrected chi connectivity index (χ1v) is 6.87. The van der Waals surface area contributed by atoms with Crippen molar-refractivity contribution in [2.45, 2.75) is 45.3 Å². The molecule has 1 aromatic carbocycles. The van der Waals surface area contributed by atoms with Crippen molar-refractivity contribution in [1.29, 1.82) is 0 Å². The van der Waals surface area contributed by atoms with Gasteiger partial charge in [0.2, 0.25) is 0 Å². The predicted octanol–water partition coefficient (Wildman–Crippen LogP) is 2.95. The van der Waals surface area contributed by atoms with Gasteiger partial charge in [0.15, 0.2) is 0 Å². The number of hydrogen-bond donors (Lipinski definition) is 0. The number of esters is 1. The van der Waals surface area contributed by atoms with E-state index in [0.29, 0.717) is 12.6 Å². The molecule has 19 heavy (non-hydrogen) atoms. The van der Waals surface area contributed by atoms with Gasteiger partial charge in [-0.15, -0.1) is 0 Å². The van der Waals surface area contributed by atoms with Crippen molar-refractivity contribution in [3.63, 3.8) is 0 Å². The number of fused-ring (bicyclic) bond motifs is 1. The van der Waals surface area contributed by atoms with Gasteiger partial charge in [0.25, 0.3) is 0 Å². The van der Waals surface area contributed by atoms with Crippen LogP contribution in [0.3, 0.4) is 0 Å². The van der Waals surface area contributed by atoms with Crippen molar-refractivity contribution < 1.29 is 9.53 Å². The molecule has 104 valence electrons. The number of carbonyl (C=O) groups excluding carboxylic acids is 1. The molecular formula is C16H23NO2. The van der Waals surface area contributed by atoms with Gasteiger partial charge in [-0.3, -0.25) is 9.69 Å². The van der Waals surface area contributed by atoms with Crippen molar-refractivity contribution in [2.24, 2.45) is 0 Å². The first-order valence-electron chi connectivity index (χ1n) is 6.87. The summed E-state index contributed by atoms with van der Waals surface area (Å²) < 4.78 is 5.38. The topological polar surface area (TPSA) is 29.5 Å². The van der Waals surface area contributed by atoms with Crippen molar-refractivity contribution in [3.8, 4) is 0 Å². The SMILES string of the molecule is CN(CC(=O)OC(C)(C)C)C1CCc2ccccc21. The van der Waals surface area contributed by atoms with E-state index in [9.17, 15) is 4.79 Å². The lowest BCUT2D eigenvalue weighted by Crippen LogP contribution is -2.34. The lowest BCUT2D eigenvalue weighted by atomic mass is 10.1. The van der Waals surface area contributed by atoms with Gasteiger partial charge in [-0.1, -0.05) is 24.3 Å². The van der Waals surface area contributed by atoms with Crippen LogP contribution in [0, 0.1) is 0 Å². The van der Waals surface area contributed by atoms with E-state index in [1.165, 1.54) is 11.1 Å². The summed E-state index contributed by atoms with van der Waals surface area (Å²) in [5.41, 5.74) is 2.35. The fourth-order valence-electron chi connectivity index (χ4n) is 2.68. The summed E-state index contributed by atoms with van der Waals surface area (Å²) in [6.07, 6.45) is 2.18. The minimum Gasteiger partial charge on any atom is -0.459 e. The molecule has 1 unspecified atom stereocenters. The molecule has 1 aliphatic carbocycles. The maximum absolute atomic E-state index is 11.9. The molecule has 1 atom stereocenters. The zero-order chi connectivity index (χ0) is 14.0. The quantitative estimate of drug-likeness (QED) is 0.783. The van der Waals surface area contributed by atoms with Gasteiger partial charge < -0.3 is 4.74 Å². The number of nitrogens with zero attached hydrogens (tertiary/aromatic N) is 1. The second-order valence-corrected chi connectivity index (χ2v) is 6.25. The van der Waals surface area contributed by atoms with Crippen molar-refractivity contribution in [3.05, 3.63) is 35.4 Å². The summed E-state index contributed by atoms with van der Waals surface area (Å²) in [7, 11) is 2.00. The fraction of sp³-hybridized carbons (Fsp3) is 0.562. The van der Waals surface area contributed by atoms with Crippen LogP contribution in [0.1, 0.15) is 44.4 Å². The minimum atomic E-state index is -0.411. The van der Waals surface area contributed by atoms with E-state index < -0.39 is 5.60 Å². The molecule has 0 N–H and O–H groups in total. The molecule has 0 aliphatic heterocycles. The largest absolute Gasteiger partial charge is 0.459 e. The molecule has 0 saturated heterocycles. The van der Waals surface area contributed by atoms with Crippen LogP contribution in [-0.4, -0.2) is 30.1 Å². The Bertz CT molecular complexity index is 462. The lowest BCUT2D eigenvalue weighted by Gasteiger charge is -2.26. The van der Waals surface area contributed by atoms with Crippen LogP contribution in [0.4, 0.5) is 0 Å². The van der Waals surface area contributed by atoms with Crippen LogP contribution in [0.25, 0.3) is 0 Å². The molecule has 0 aromatic heterocycles. The first-order chi connectivity index (χ1) is 8.87. The Balaban J connectivity index is 1.99. The van der Waals surface area contributed by atoms with E-state index in [1.54, 1.807) is 0 Å². The molecule has 0 fully saturated rings. The average Bonchev–Trinajstić information content (AvgIpc) is 2.69. The molecular weight excluding hydrogens is 238 g/mol. The highest BCUT2D eigenvalue weighted by molar-refractivity contribution is 5.72. The summed E-state index contributed by atoms with van der Waals surface area (Å²) in [6.45, 7) is 6.04. The number of rotatable bonds is 3. The third-order valence-electron chi connectivity index (χ3n) is 3.43. The monoisotopic (exact) mass is 261 g/mol. The number of benzene rings is 1. The van der Waals surface area contributed by atoms with Gasteiger partial charge in [-0.2, -0.15) is 0 Å². The minimum absolute atomic E-state index is 0.153. The molecule has 3 heteroatoms. The summed E-state index contributed by atoms with van der Waals surface area (Å²) in [5.74, 6) is -0.153. The highest BCUT2D eigenvalue weighted by Crippen LogP contribution is 2.34. The maximum Gasteiger partial charge on any atom is 0.320 e. The van der Waals surface area contributed by atoms with Crippen molar-refractivity contribution in [2.75, 3.05) is 13.6 Å². The Hall–Kier alpha value is -1.35. The number of carbonyl (C=O) groups is 1. The van der Waals surface area contributed by atoms with Gasteiger partial charge in [-0.25, -0.2) is 0 Å². The van der Waals surface area contributed by atoms with Gasteiger partial charge in [0.05, 0.1) is 6.54 Å². The maximum atomic E-state index is 11.9. The van der Waals surface area contributed by atoms with E-state index in [0.717, 1.165) is 12.8 Å². The van der Waals surface area contributed by atoms with Crippen LogP contribution in [0.5, 0.6) is 0 Å². The number of hydrogen-bond acceptors (Lipinski definition) is 3. The fourth-order valence-corrected chi connectivity index (χ4v) is 2.68. The lowest BCUT2D eigenvalue weighted by molar-refractivity contribution is -0.156. The molecule has 0 bridgehead atoms. The van der Waals surface area contributed by atoms with Crippen LogP contribution >= 0.6 is 0 Å². The molecule has 3 nitrogen and oxygen atoms in total. The number of likely N-dealkylation sites (N-methyl/N-ethyl adjacent to an activating group) is 1. The summed E-state index contributed by atoms with van der Waals surface area (Å²) in [4.78, 5) is 14.0. The Morgan fingerprint density at radius 3 is 2.74 bits per heavy atom. The predicted molar refractivity (Wildman–Crippen MR) is 76.0 cm³/mol. The van der Waals surface area contributed by atoms with Crippen LogP contribution < -0.4 is 0 Å². The van der Waals surface area contributed by atoms with E-state index in [1.807, 2.05) is 27.8 Å². The zero-order valence-corrected chi connectivity index (χ0v) is 12.3. The summed E-state index contributed by atoms with van der Waals surface area (Å²) in [5, 5.41) is 0. The zero-order valence-electron chi connectivity index (χ0n) is 12.3. The Morgan fingerprint density at radius 1 is 1.37 bits per heavy atom. The molecule has 0 spiro atoms. The van der Waals surface area contributed by atoms with Crippen LogP contribution in [0.15, 0.2) is 24.3 Å². The average molecular weight is 261 g/mol. The van der Waals surface area contributed by atoms with E-state index in [2.05, 4.69) is 29.2 Å². The third-order valence-corrected chi connectivity index (χ3v) is 3.43. The van der Waals surface area contributed by atoms with E-state index in [4.69, 9.17) is 4.74 Å². The molecule has 1 aromatic rings. The first kappa shape index (κ1) is 14.1.